The Labute approximate surface area is 121 Å². The fourth-order valence-corrected chi connectivity index (χ4v) is 3.81. The first-order chi connectivity index (χ1) is 9.81. The smallest absolute Gasteiger partial charge is 0.373 e. The summed E-state index contributed by atoms with van der Waals surface area (Å²) in [7, 11) is 0. The normalized spacial score (nSPS) is 25.1. The third kappa shape index (κ3) is 1.96. The first-order valence-corrected chi connectivity index (χ1v) is 7.86. The molecule has 1 heterocycles. The van der Waals surface area contributed by atoms with Gasteiger partial charge in [0.1, 0.15) is 0 Å². The molecule has 20 heavy (non-hydrogen) atoms. The van der Waals surface area contributed by atoms with Gasteiger partial charge in [0.2, 0.25) is 0 Å². The zero-order valence-corrected chi connectivity index (χ0v) is 12.0. The maximum atomic E-state index is 3.73. The van der Waals surface area contributed by atoms with Gasteiger partial charge in [-0.15, -0.1) is 0 Å². The molecular weight excluding hydrogens is 243 g/mol. The van der Waals surface area contributed by atoms with Crippen LogP contribution in [0.3, 0.4) is 0 Å². The summed E-state index contributed by atoms with van der Waals surface area (Å²) in [5.74, 6) is 1.65. The van der Waals surface area contributed by atoms with Gasteiger partial charge in [-0.2, -0.15) is 0 Å². The summed E-state index contributed by atoms with van der Waals surface area (Å²) in [6, 6.07) is 13.1. The van der Waals surface area contributed by atoms with Gasteiger partial charge in [0, 0.05) is 16.8 Å². The van der Waals surface area contributed by atoms with Crippen LogP contribution < -0.4 is 10.5 Å². The van der Waals surface area contributed by atoms with Crippen molar-refractivity contribution in [3.8, 4) is 0 Å². The lowest BCUT2D eigenvalue weighted by molar-refractivity contribution is 0.382. The average molecular weight is 264 g/mol. The van der Waals surface area contributed by atoms with Crippen molar-refractivity contribution >= 4 is 29.1 Å². The monoisotopic (exact) mass is 264 g/mol. The largest absolute Gasteiger partial charge is 0.409 e. The van der Waals surface area contributed by atoms with Crippen LogP contribution in [-0.4, -0.2) is 6.98 Å². The van der Waals surface area contributed by atoms with Crippen molar-refractivity contribution in [2.75, 3.05) is 10.5 Å². The zero-order chi connectivity index (χ0) is 13.5. The second-order valence-corrected chi connectivity index (χ2v) is 6.50. The molecule has 1 saturated carbocycles. The van der Waals surface area contributed by atoms with Crippen LogP contribution in [0.25, 0.3) is 10.8 Å². The zero-order valence-electron chi connectivity index (χ0n) is 12.0. The van der Waals surface area contributed by atoms with Gasteiger partial charge in [-0.05, 0) is 29.3 Å². The number of rotatable bonds is 1. The van der Waals surface area contributed by atoms with Crippen molar-refractivity contribution in [2.45, 2.75) is 38.4 Å². The van der Waals surface area contributed by atoms with E-state index in [1.165, 1.54) is 47.8 Å². The van der Waals surface area contributed by atoms with Crippen LogP contribution in [0.5, 0.6) is 0 Å². The van der Waals surface area contributed by atoms with Gasteiger partial charge in [-0.1, -0.05) is 56.9 Å². The minimum absolute atomic E-state index is 0.392. The van der Waals surface area contributed by atoms with E-state index in [1.807, 2.05) is 0 Å². The molecule has 0 saturated heterocycles. The number of hydrogen-bond acceptors (Lipinski definition) is 2. The molecule has 1 aliphatic heterocycles. The highest BCUT2D eigenvalue weighted by Gasteiger charge is 2.33. The fraction of sp³-hybridized carbons (Fsp3) is 0.412. The first kappa shape index (κ1) is 12.1. The van der Waals surface area contributed by atoms with Crippen LogP contribution in [-0.2, 0) is 0 Å². The lowest BCUT2D eigenvalue weighted by Gasteiger charge is -2.35. The molecule has 0 bridgehead atoms. The van der Waals surface area contributed by atoms with Crippen LogP contribution >= 0.6 is 0 Å². The Balaban J connectivity index is 1.66. The highest BCUT2D eigenvalue weighted by molar-refractivity contribution is 6.69. The number of nitrogens with one attached hydrogen (secondary N) is 2. The molecule has 0 unspecified atom stereocenters. The van der Waals surface area contributed by atoms with Crippen LogP contribution in [0.4, 0.5) is 11.4 Å². The summed E-state index contributed by atoms with van der Waals surface area (Å²) in [4.78, 5) is 0. The van der Waals surface area contributed by atoms with Gasteiger partial charge in [-0.3, -0.25) is 0 Å². The Morgan fingerprint density at radius 1 is 0.900 bits per heavy atom. The van der Waals surface area contributed by atoms with E-state index in [9.17, 15) is 0 Å². The molecule has 2 aromatic rings. The molecule has 1 aliphatic carbocycles. The topological polar surface area (TPSA) is 24.1 Å². The second-order valence-electron chi connectivity index (χ2n) is 6.50. The highest BCUT2D eigenvalue weighted by atomic mass is 15.0. The van der Waals surface area contributed by atoms with Crippen LogP contribution in [0.2, 0.25) is 5.82 Å². The Morgan fingerprint density at radius 2 is 1.50 bits per heavy atom. The van der Waals surface area contributed by atoms with Crippen LogP contribution in [0, 0.1) is 5.92 Å². The Kier molecular flexibility index (Phi) is 2.87. The molecule has 1 fully saturated rings. The number of anilines is 2. The van der Waals surface area contributed by atoms with Gasteiger partial charge < -0.3 is 10.5 Å². The Morgan fingerprint density at radius 3 is 2.10 bits per heavy atom. The minimum Gasteiger partial charge on any atom is -0.409 e. The lowest BCUT2D eigenvalue weighted by atomic mass is 9.55. The summed E-state index contributed by atoms with van der Waals surface area (Å²) < 4.78 is 0. The number of benzene rings is 2. The van der Waals surface area contributed by atoms with Crippen molar-refractivity contribution in [1.82, 2.24) is 0 Å². The Hall–Kier alpha value is -1.64. The molecule has 0 aromatic heterocycles. The summed E-state index contributed by atoms with van der Waals surface area (Å²) in [6.45, 7) is 2.77. The van der Waals surface area contributed by atoms with Crippen molar-refractivity contribution in [1.29, 1.82) is 0 Å². The van der Waals surface area contributed by atoms with Crippen molar-refractivity contribution in [2.24, 2.45) is 5.92 Å². The molecule has 3 heteroatoms. The molecule has 2 N–H and O–H groups in total. The summed E-state index contributed by atoms with van der Waals surface area (Å²) in [6.07, 6.45) is 5.42. The lowest BCUT2D eigenvalue weighted by Crippen LogP contribution is -2.42. The van der Waals surface area contributed by atoms with Gasteiger partial charge in [0.15, 0.2) is 0 Å². The molecule has 0 spiro atoms. The number of hydrogen-bond donors (Lipinski definition) is 2. The predicted molar refractivity (Wildman–Crippen MR) is 88.3 cm³/mol. The van der Waals surface area contributed by atoms with Crippen molar-refractivity contribution < 1.29 is 0 Å². The molecular formula is C17H21BN2. The van der Waals surface area contributed by atoms with Gasteiger partial charge in [0.25, 0.3) is 0 Å². The fourth-order valence-electron chi connectivity index (χ4n) is 3.81. The highest BCUT2D eigenvalue weighted by Crippen LogP contribution is 2.40. The van der Waals surface area contributed by atoms with E-state index in [2.05, 4.69) is 53.8 Å². The van der Waals surface area contributed by atoms with E-state index in [0.29, 0.717) is 6.98 Å². The Bertz CT molecular complexity index is 591. The van der Waals surface area contributed by atoms with Crippen molar-refractivity contribution in [3.05, 3.63) is 36.4 Å². The van der Waals surface area contributed by atoms with E-state index in [4.69, 9.17) is 0 Å². The molecule has 2 aromatic carbocycles. The van der Waals surface area contributed by atoms with E-state index in [0.717, 1.165) is 11.7 Å². The van der Waals surface area contributed by atoms with E-state index >= 15 is 0 Å². The standard InChI is InChI=1S/C17H21BN2/c1-12-8-10-14(11-9-12)18-19-15-6-2-4-13-5-3-7-16(20-18)17(13)15/h2-7,12,14,19-20H,8-11H2,1H3. The molecule has 2 aliphatic rings. The predicted octanol–water partition coefficient (Wildman–Crippen LogP) is 4.75. The molecule has 4 rings (SSSR count). The van der Waals surface area contributed by atoms with Gasteiger partial charge in [0.05, 0.1) is 0 Å². The maximum absolute atomic E-state index is 3.73. The molecule has 102 valence electrons. The second kappa shape index (κ2) is 4.73. The average Bonchev–Trinajstić information content (AvgIpc) is 2.48. The maximum Gasteiger partial charge on any atom is 0.373 e. The van der Waals surface area contributed by atoms with E-state index < -0.39 is 0 Å². The van der Waals surface area contributed by atoms with Crippen LogP contribution in [0.1, 0.15) is 32.6 Å². The molecule has 0 atom stereocenters. The quantitative estimate of drug-likeness (QED) is 0.726. The molecule has 0 amide bonds. The van der Waals surface area contributed by atoms with Gasteiger partial charge >= 0.3 is 6.98 Å². The summed E-state index contributed by atoms with van der Waals surface area (Å²) in [5.41, 5.74) is 2.58. The van der Waals surface area contributed by atoms with Gasteiger partial charge in [-0.25, -0.2) is 0 Å². The summed E-state index contributed by atoms with van der Waals surface area (Å²) >= 11 is 0. The third-order valence-electron chi connectivity index (χ3n) is 5.06. The van der Waals surface area contributed by atoms with E-state index in [-0.39, 0.29) is 0 Å². The minimum atomic E-state index is 0.392. The molecule has 2 nitrogen and oxygen atoms in total. The van der Waals surface area contributed by atoms with Crippen molar-refractivity contribution in [3.63, 3.8) is 0 Å². The molecule has 0 radical (unpaired) electrons. The summed E-state index contributed by atoms with van der Waals surface area (Å²) in [5, 5.41) is 10.1. The van der Waals surface area contributed by atoms with Crippen LogP contribution in [0.15, 0.2) is 36.4 Å². The third-order valence-corrected chi connectivity index (χ3v) is 5.06. The SMILES string of the molecule is CC1CCC(B2Nc3cccc4cccc(c34)N2)CC1. The van der Waals surface area contributed by atoms with E-state index in [1.54, 1.807) is 0 Å². The first-order valence-electron chi connectivity index (χ1n) is 7.86.